The molecule has 0 radical (unpaired) electrons. The Hall–Kier alpha value is -1.06. The lowest BCUT2D eigenvalue weighted by Crippen LogP contribution is -2.17. The summed E-state index contributed by atoms with van der Waals surface area (Å²) in [6.45, 7) is 7.56. The molecule has 3 nitrogen and oxygen atoms in total. The molecule has 0 aromatic heterocycles. The number of halogens is 1. The highest BCUT2D eigenvalue weighted by molar-refractivity contribution is 6.30. The molecule has 1 rings (SSSR count). The summed E-state index contributed by atoms with van der Waals surface area (Å²) in [5.41, 5.74) is 0.477. The number of hydrogen-bond acceptors (Lipinski definition) is 3. The second-order valence-electron chi connectivity index (χ2n) is 5.31. The van der Waals surface area contributed by atoms with Crippen molar-refractivity contribution in [2.45, 2.75) is 39.7 Å². The highest BCUT2D eigenvalue weighted by Gasteiger charge is 2.12. The molecule has 1 aromatic carbocycles. The topological polar surface area (TPSA) is 35.5 Å². The Morgan fingerprint density at radius 2 is 1.90 bits per heavy atom. The molecular formula is C16H23ClO3. The molecule has 0 fully saturated rings. The molecule has 0 aliphatic rings. The fraction of sp³-hybridized carbons (Fsp3) is 0.562. The Bertz CT molecular complexity index is 418. The molecule has 0 aliphatic heterocycles. The summed E-state index contributed by atoms with van der Waals surface area (Å²) in [5.74, 6) is 0.301. The predicted molar refractivity (Wildman–Crippen MR) is 81.2 cm³/mol. The molecule has 0 amide bonds. The summed E-state index contributed by atoms with van der Waals surface area (Å²) in [6.07, 6.45) is 1.58. The monoisotopic (exact) mass is 298 g/mol. The molecule has 1 aromatic rings. The fourth-order valence-electron chi connectivity index (χ4n) is 1.60. The van der Waals surface area contributed by atoms with Crippen molar-refractivity contribution >= 4 is 17.6 Å². The maximum atomic E-state index is 11.9. The van der Waals surface area contributed by atoms with Gasteiger partial charge in [-0.05, 0) is 37.5 Å². The third-order valence-electron chi connectivity index (χ3n) is 2.88. The molecule has 112 valence electrons. The van der Waals surface area contributed by atoms with Gasteiger partial charge in [0.25, 0.3) is 0 Å². The van der Waals surface area contributed by atoms with E-state index in [1.54, 1.807) is 24.3 Å². The number of benzene rings is 1. The highest BCUT2D eigenvalue weighted by Crippen LogP contribution is 2.13. The van der Waals surface area contributed by atoms with Crippen LogP contribution < -0.4 is 0 Å². The van der Waals surface area contributed by atoms with Gasteiger partial charge in [-0.3, -0.25) is 0 Å². The van der Waals surface area contributed by atoms with Crippen molar-refractivity contribution in [3.63, 3.8) is 0 Å². The van der Waals surface area contributed by atoms with Gasteiger partial charge in [0.1, 0.15) is 6.10 Å². The number of hydrogen-bond donors (Lipinski definition) is 0. The third kappa shape index (κ3) is 6.92. The van der Waals surface area contributed by atoms with Crippen molar-refractivity contribution in [3.8, 4) is 0 Å². The van der Waals surface area contributed by atoms with Gasteiger partial charge < -0.3 is 9.47 Å². The summed E-state index contributed by atoms with van der Waals surface area (Å²) >= 11 is 5.84. The van der Waals surface area contributed by atoms with E-state index in [1.807, 2.05) is 6.92 Å². The van der Waals surface area contributed by atoms with Crippen LogP contribution in [0.25, 0.3) is 0 Å². The first kappa shape index (κ1) is 17.0. The van der Waals surface area contributed by atoms with Crippen LogP contribution in [0.15, 0.2) is 24.3 Å². The molecule has 20 heavy (non-hydrogen) atoms. The summed E-state index contributed by atoms with van der Waals surface area (Å²) in [6, 6.07) is 6.76. The highest BCUT2D eigenvalue weighted by atomic mass is 35.5. The smallest absolute Gasteiger partial charge is 0.338 e. The second-order valence-corrected chi connectivity index (χ2v) is 5.75. The van der Waals surface area contributed by atoms with E-state index in [2.05, 4.69) is 13.8 Å². The van der Waals surface area contributed by atoms with Crippen LogP contribution in [0.5, 0.6) is 0 Å². The van der Waals surface area contributed by atoms with Crippen molar-refractivity contribution in [2.24, 2.45) is 5.92 Å². The first-order valence-corrected chi connectivity index (χ1v) is 7.41. The van der Waals surface area contributed by atoms with Gasteiger partial charge in [-0.15, -0.1) is 0 Å². The Morgan fingerprint density at radius 3 is 2.55 bits per heavy atom. The SMILES string of the molecule is CC(C)CCOCCC(C)OC(=O)c1cccc(Cl)c1. The van der Waals surface area contributed by atoms with Crippen LogP contribution in [0, 0.1) is 5.92 Å². The molecular weight excluding hydrogens is 276 g/mol. The van der Waals surface area contributed by atoms with E-state index in [4.69, 9.17) is 21.1 Å². The normalized spacial score (nSPS) is 12.4. The summed E-state index contributed by atoms with van der Waals surface area (Å²) in [7, 11) is 0. The minimum Gasteiger partial charge on any atom is -0.459 e. The van der Waals surface area contributed by atoms with E-state index in [-0.39, 0.29) is 12.1 Å². The van der Waals surface area contributed by atoms with Crippen molar-refractivity contribution in [2.75, 3.05) is 13.2 Å². The van der Waals surface area contributed by atoms with Gasteiger partial charge in [0, 0.05) is 18.1 Å². The van der Waals surface area contributed by atoms with Crippen LogP contribution in [0.3, 0.4) is 0 Å². The number of ether oxygens (including phenoxy) is 2. The average Bonchev–Trinajstić information content (AvgIpc) is 2.37. The van der Waals surface area contributed by atoms with E-state index in [0.717, 1.165) is 13.0 Å². The minimum atomic E-state index is -0.345. The van der Waals surface area contributed by atoms with Crippen molar-refractivity contribution < 1.29 is 14.3 Å². The second kappa shape index (κ2) is 8.98. The van der Waals surface area contributed by atoms with Gasteiger partial charge in [0.2, 0.25) is 0 Å². The van der Waals surface area contributed by atoms with Crippen molar-refractivity contribution in [1.29, 1.82) is 0 Å². The molecule has 1 unspecified atom stereocenters. The van der Waals surface area contributed by atoms with Gasteiger partial charge in [0.15, 0.2) is 0 Å². The number of carbonyl (C=O) groups excluding carboxylic acids is 1. The average molecular weight is 299 g/mol. The standard InChI is InChI=1S/C16H23ClO3/c1-12(2)7-9-19-10-8-13(3)20-16(18)14-5-4-6-15(17)11-14/h4-6,11-13H,7-10H2,1-3H3. The Labute approximate surface area is 126 Å². The maximum absolute atomic E-state index is 11.9. The minimum absolute atomic E-state index is 0.166. The van der Waals surface area contributed by atoms with Gasteiger partial charge in [-0.2, -0.15) is 0 Å². The van der Waals surface area contributed by atoms with E-state index >= 15 is 0 Å². The lowest BCUT2D eigenvalue weighted by atomic mass is 10.1. The molecule has 0 saturated carbocycles. The summed E-state index contributed by atoms with van der Waals surface area (Å²) in [4.78, 5) is 11.9. The van der Waals surface area contributed by atoms with E-state index in [0.29, 0.717) is 29.5 Å². The van der Waals surface area contributed by atoms with Crippen LogP contribution in [0.1, 0.15) is 44.0 Å². The molecule has 0 aliphatic carbocycles. The first-order chi connectivity index (χ1) is 9.49. The Kier molecular flexibility index (Phi) is 7.63. The molecule has 1 atom stereocenters. The first-order valence-electron chi connectivity index (χ1n) is 7.03. The van der Waals surface area contributed by atoms with Crippen molar-refractivity contribution in [3.05, 3.63) is 34.9 Å². The predicted octanol–water partition coefficient (Wildman–Crippen LogP) is 4.34. The van der Waals surface area contributed by atoms with E-state index < -0.39 is 0 Å². The largest absolute Gasteiger partial charge is 0.459 e. The zero-order valence-corrected chi connectivity index (χ0v) is 13.2. The fourth-order valence-corrected chi connectivity index (χ4v) is 1.79. The van der Waals surface area contributed by atoms with Gasteiger partial charge in [-0.1, -0.05) is 31.5 Å². The zero-order chi connectivity index (χ0) is 15.0. The van der Waals surface area contributed by atoms with E-state index in [9.17, 15) is 4.79 Å². The van der Waals surface area contributed by atoms with Gasteiger partial charge >= 0.3 is 5.97 Å². The number of carbonyl (C=O) groups is 1. The molecule has 0 bridgehead atoms. The number of rotatable bonds is 8. The molecule has 0 spiro atoms. The number of esters is 1. The molecule has 0 heterocycles. The third-order valence-corrected chi connectivity index (χ3v) is 3.11. The Balaban J connectivity index is 2.25. The van der Waals surface area contributed by atoms with Gasteiger partial charge in [0.05, 0.1) is 12.2 Å². The van der Waals surface area contributed by atoms with Crippen LogP contribution in [-0.4, -0.2) is 25.3 Å². The van der Waals surface area contributed by atoms with Crippen molar-refractivity contribution in [1.82, 2.24) is 0 Å². The van der Waals surface area contributed by atoms with Crippen LogP contribution in [-0.2, 0) is 9.47 Å². The quantitative estimate of drug-likeness (QED) is 0.529. The zero-order valence-electron chi connectivity index (χ0n) is 12.4. The Morgan fingerprint density at radius 1 is 1.20 bits per heavy atom. The summed E-state index contributed by atoms with van der Waals surface area (Å²) in [5, 5.41) is 0.532. The lowest BCUT2D eigenvalue weighted by molar-refractivity contribution is 0.0227. The molecule has 4 heteroatoms. The van der Waals surface area contributed by atoms with Crippen LogP contribution in [0.2, 0.25) is 5.02 Å². The summed E-state index contributed by atoms with van der Waals surface area (Å²) < 4.78 is 10.9. The van der Waals surface area contributed by atoms with Crippen LogP contribution in [0.4, 0.5) is 0 Å². The molecule has 0 saturated heterocycles. The van der Waals surface area contributed by atoms with E-state index in [1.165, 1.54) is 0 Å². The van der Waals surface area contributed by atoms with Crippen LogP contribution >= 0.6 is 11.6 Å². The maximum Gasteiger partial charge on any atom is 0.338 e. The lowest BCUT2D eigenvalue weighted by Gasteiger charge is -2.14. The van der Waals surface area contributed by atoms with Gasteiger partial charge in [-0.25, -0.2) is 4.79 Å². The molecule has 0 N–H and O–H groups in total.